The van der Waals surface area contributed by atoms with Gasteiger partial charge < -0.3 is 11.1 Å². The van der Waals surface area contributed by atoms with Crippen LogP contribution >= 0.6 is 58.0 Å². The van der Waals surface area contributed by atoms with Gasteiger partial charge in [0.25, 0.3) is 11.1 Å². The number of aryl methyl sites for hydroxylation is 6. The lowest BCUT2D eigenvalue weighted by Crippen LogP contribution is -2.17. The van der Waals surface area contributed by atoms with Gasteiger partial charge in [0, 0.05) is 28.2 Å². The van der Waals surface area contributed by atoms with E-state index in [2.05, 4.69) is 45.6 Å². The topological polar surface area (TPSA) is 195 Å². The Morgan fingerprint density at radius 2 is 1.16 bits per heavy atom. The van der Waals surface area contributed by atoms with Gasteiger partial charge in [-0.3, -0.25) is 28.3 Å². The lowest BCUT2D eigenvalue weighted by molar-refractivity contribution is 0.101. The molecule has 6 aromatic rings. The number of halogens is 5. The SMILES string of the molecule is Cc1cc(-c2cnc(N)cn2)n(C)n1.Cc1cc(-c2cnc(NC(=O)c3c(Cl)cnn3C)cn2)n(C)n1.ClCCl.Cn1ncc(Cl)c1C(=O)Cl. The molecule has 0 atom stereocenters. The first-order chi connectivity index (χ1) is 23.7. The minimum atomic E-state index is -0.593. The van der Waals surface area contributed by atoms with Gasteiger partial charge in [-0.05, 0) is 37.6 Å². The number of alkyl halides is 2. The first kappa shape index (κ1) is 39.8. The van der Waals surface area contributed by atoms with Crippen LogP contribution in [0, 0.1) is 13.8 Å². The van der Waals surface area contributed by atoms with Gasteiger partial charge in [-0.1, -0.05) is 23.2 Å². The number of nitrogens with two attached hydrogens (primary N) is 1. The van der Waals surface area contributed by atoms with E-state index in [1.807, 2.05) is 40.1 Å². The van der Waals surface area contributed by atoms with Crippen molar-refractivity contribution >= 4 is 80.8 Å². The second-order valence-corrected chi connectivity index (χ2v) is 11.9. The van der Waals surface area contributed by atoms with E-state index in [4.69, 9.17) is 63.7 Å². The fourth-order valence-corrected chi connectivity index (χ4v) is 4.95. The van der Waals surface area contributed by atoms with Gasteiger partial charge in [-0.2, -0.15) is 20.4 Å². The second kappa shape index (κ2) is 18.4. The fraction of sp³-hybridized carbons (Fsp3) is 0.241. The molecule has 0 aliphatic carbocycles. The van der Waals surface area contributed by atoms with Crippen molar-refractivity contribution in [2.24, 2.45) is 28.2 Å². The highest BCUT2D eigenvalue weighted by Crippen LogP contribution is 2.20. The summed E-state index contributed by atoms with van der Waals surface area (Å²) >= 11 is 26.2. The van der Waals surface area contributed by atoms with Crippen LogP contribution in [-0.4, -0.2) is 75.5 Å². The fourth-order valence-electron chi connectivity index (χ4n) is 4.17. The summed E-state index contributed by atoms with van der Waals surface area (Å²) < 4.78 is 6.23. The van der Waals surface area contributed by atoms with Crippen LogP contribution in [0.4, 0.5) is 11.6 Å². The third kappa shape index (κ3) is 10.7. The minimum Gasteiger partial charge on any atom is -0.382 e. The standard InChI is InChI=1S/C14H14ClN7O.C9H11N5.C5H4Cl2N2O.CH2Cl2/c1-8-4-11(21(2)20-8)10-6-17-12(7-16-10)19-14(23)13-9(15)5-18-22(13)3;1-6-3-8(14(2)13-6)7-4-12-9(10)5-11-7;1-9-4(5(7)10)3(6)2-8-9;2-1-3/h4-7H,1-3H3,(H,17,19,23);3-5H,1-2H3,(H2,10,12);2H,1H3;1H2. The summed E-state index contributed by atoms with van der Waals surface area (Å²) in [7, 11) is 6.95. The van der Waals surface area contributed by atoms with E-state index < -0.39 is 11.1 Å². The van der Waals surface area contributed by atoms with Gasteiger partial charge in [0.1, 0.15) is 28.6 Å². The molecule has 0 aliphatic heterocycles. The third-order valence-corrected chi connectivity index (χ3v) is 7.02. The molecule has 3 N–H and O–H groups in total. The number of aromatic nitrogens is 12. The third-order valence-electron chi connectivity index (χ3n) is 6.28. The number of amides is 1. The van der Waals surface area contributed by atoms with Gasteiger partial charge in [-0.25, -0.2) is 19.9 Å². The number of hydrogen-bond acceptors (Lipinski definition) is 11. The Balaban J connectivity index is 0.000000213. The Hall–Kier alpha value is -4.61. The van der Waals surface area contributed by atoms with Crippen molar-refractivity contribution in [3.8, 4) is 22.8 Å². The first-order valence-corrected chi connectivity index (χ1v) is 16.3. The Kier molecular flexibility index (Phi) is 14.7. The zero-order valence-corrected chi connectivity index (χ0v) is 31.3. The molecule has 0 aliphatic rings. The summed E-state index contributed by atoms with van der Waals surface area (Å²) in [5, 5.41) is 18.9. The Bertz CT molecular complexity index is 2000. The highest BCUT2D eigenvalue weighted by Gasteiger charge is 2.17. The molecule has 0 fully saturated rings. The van der Waals surface area contributed by atoms with Crippen LogP contribution in [0.15, 0.2) is 49.3 Å². The molecule has 0 aromatic carbocycles. The van der Waals surface area contributed by atoms with Crippen molar-refractivity contribution in [2.75, 3.05) is 16.4 Å². The number of nitrogens with one attached hydrogen (secondary N) is 1. The van der Waals surface area contributed by atoms with E-state index in [-0.39, 0.29) is 26.8 Å². The van der Waals surface area contributed by atoms with Crippen LogP contribution in [0.25, 0.3) is 22.8 Å². The Labute approximate surface area is 311 Å². The molecule has 0 saturated carbocycles. The monoisotopic (exact) mass is 782 g/mol. The number of carbonyl (C=O) groups excluding carboxylic acids is 2. The number of rotatable bonds is 5. The molecule has 0 unspecified atom stereocenters. The predicted octanol–water partition coefficient (Wildman–Crippen LogP) is 5.47. The lowest BCUT2D eigenvalue weighted by atomic mass is 10.3. The average molecular weight is 785 g/mol. The first-order valence-electron chi connectivity index (χ1n) is 14.1. The molecule has 16 nitrogen and oxygen atoms in total. The quantitative estimate of drug-likeness (QED) is 0.166. The van der Waals surface area contributed by atoms with Crippen LogP contribution in [0.5, 0.6) is 0 Å². The van der Waals surface area contributed by atoms with Gasteiger partial charge >= 0.3 is 0 Å². The van der Waals surface area contributed by atoms with Crippen molar-refractivity contribution < 1.29 is 9.59 Å². The zero-order chi connectivity index (χ0) is 37.1. The molecule has 264 valence electrons. The number of nitrogens with zero attached hydrogens (tertiary/aromatic N) is 12. The van der Waals surface area contributed by atoms with Gasteiger partial charge in [0.2, 0.25) is 0 Å². The molecule has 0 saturated heterocycles. The summed E-state index contributed by atoms with van der Waals surface area (Å²) in [6.07, 6.45) is 9.04. The zero-order valence-electron chi connectivity index (χ0n) is 27.5. The highest BCUT2D eigenvalue weighted by atomic mass is 35.5. The Morgan fingerprint density at radius 3 is 1.48 bits per heavy atom. The number of anilines is 2. The lowest BCUT2D eigenvalue weighted by Gasteiger charge is -2.06. The molecule has 21 heteroatoms. The number of carbonyl (C=O) groups is 2. The predicted molar refractivity (Wildman–Crippen MR) is 194 cm³/mol. The van der Waals surface area contributed by atoms with E-state index >= 15 is 0 Å². The van der Waals surface area contributed by atoms with E-state index in [0.717, 1.165) is 28.5 Å². The summed E-state index contributed by atoms with van der Waals surface area (Å²) in [6.45, 7) is 3.84. The second-order valence-electron chi connectivity index (χ2n) is 9.96. The maximum atomic E-state index is 12.2. The number of hydrogen-bond donors (Lipinski definition) is 2. The maximum Gasteiger partial charge on any atom is 0.276 e. The van der Waals surface area contributed by atoms with E-state index in [9.17, 15) is 9.59 Å². The molecule has 0 radical (unpaired) electrons. The smallest absolute Gasteiger partial charge is 0.276 e. The summed E-state index contributed by atoms with van der Waals surface area (Å²) in [6, 6.07) is 3.87. The molecular weight excluding hydrogens is 754 g/mol. The minimum absolute atomic E-state index is 0.194. The molecule has 6 aromatic heterocycles. The van der Waals surface area contributed by atoms with Crippen LogP contribution in [0.1, 0.15) is 32.4 Å². The van der Waals surface area contributed by atoms with Gasteiger partial charge in [0.05, 0.1) is 75.3 Å². The molecule has 6 rings (SSSR count). The molecule has 50 heavy (non-hydrogen) atoms. The van der Waals surface area contributed by atoms with Crippen LogP contribution in [0.2, 0.25) is 10.0 Å². The molecule has 0 spiro atoms. The van der Waals surface area contributed by atoms with E-state index in [1.165, 1.54) is 34.2 Å². The highest BCUT2D eigenvalue weighted by molar-refractivity contribution is 6.68. The normalized spacial score (nSPS) is 10.2. The maximum absolute atomic E-state index is 12.2. The molecule has 6 heterocycles. The van der Waals surface area contributed by atoms with Gasteiger partial charge in [-0.15, -0.1) is 23.2 Å². The van der Waals surface area contributed by atoms with Crippen LogP contribution in [0.3, 0.4) is 0 Å². The van der Waals surface area contributed by atoms with Crippen molar-refractivity contribution in [2.45, 2.75) is 13.8 Å². The van der Waals surface area contributed by atoms with Crippen molar-refractivity contribution in [1.29, 1.82) is 0 Å². The van der Waals surface area contributed by atoms with E-state index in [0.29, 0.717) is 17.3 Å². The number of nitrogen functional groups attached to an aromatic ring is 1. The van der Waals surface area contributed by atoms with Crippen molar-refractivity contribution in [3.05, 3.63) is 82.1 Å². The summed E-state index contributed by atoms with van der Waals surface area (Å²) in [4.78, 5) is 39.4. The molecular formula is C29H31Cl5N14O2. The molecule has 0 bridgehead atoms. The summed E-state index contributed by atoms with van der Waals surface area (Å²) in [5.41, 5.74) is 11.0. The van der Waals surface area contributed by atoms with Crippen molar-refractivity contribution in [3.63, 3.8) is 0 Å². The summed E-state index contributed by atoms with van der Waals surface area (Å²) in [5.74, 6) is 0.357. The largest absolute Gasteiger partial charge is 0.382 e. The van der Waals surface area contributed by atoms with Crippen LogP contribution < -0.4 is 11.1 Å². The molecule has 1 amide bonds. The van der Waals surface area contributed by atoms with Crippen molar-refractivity contribution in [1.82, 2.24) is 59.1 Å². The van der Waals surface area contributed by atoms with Gasteiger partial charge in [0.15, 0.2) is 5.82 Å². The average Bonchev–Trinajstić information content (AvgIpc) is 3.79. The Morgan fingerprint density at radius 1 is 0.700 bits per heavy atom. The van der Waals surface area contributed by atoms with Crippen LogP contribution in [-0.2, 0) is 28.2 Å². The van der Waals surface area contributed by atoms with E-state index in [1.54, 1.807) is 35.9 Å².